The molecule has 0 aromatic rings. The number of hydrogen-bond donors (Lipinski definition) is 2. The molecule has 0 aromatic carbocycles. The van der Waals surface area contributed by atoms with Crippen molar-refractivity contribution in [2.24, 2.45) is 11.8 Å². The predicted octanol–water partition coefficient (Wildman–Crippen LogP) is 2.81. The summed E-state index contributed by atoms with van der Waals surface area (Å²) in [6, 6.07) is 0.614. The van der Waals surface area contributed by atoms with Crippen LogP contribution in [0.25, 0.3) is 0 Å². The largest absolute Gasteiger partial charge is 0.396 e. The minimum Gasteiger partial charge on any atom is -0.396 e. The maximum absolute atomic E-state index is 8.99. The van der Waals surface area contributed by atoms with E-state index >= 15 is 0 Å². The van der Waals surface area contributed by atoms with Crippen LogP contribution in [0.2, 0.25) is 0 Å². The zero-order valence-corrected chi connectivity index (χ0v) is 10.9. The van der Waals surface area contributed by atoms with Gasteiger partial charge in [-0.15, -0.1) is 0 Å². The predicted molar refractivity (Wildman–Crippen MR) is 67.0 cm³/mol. The van der Waals surface area contributed by atoms with Gasteiger partial charge in [0.1, 0.15) is 0 Å². The molecule has 2 heteroatoms. The summed E-state index contributed by atoms with van der Waals surface area (Å²) in [6.45, 7) is 10.3. The fourth-order valence-electron chi connectivity index (χ4n) is 2.06. The van der Waals surface area contributed by atoms with Gasteiger partial charge in [-0.1, -0.05) is 27.2 Å². The maximum Gasteiger partial charge on any atom is 0.0434 e. The molecule has 0 heterocycles. The van der Waals surface area contributed by atoms with Crippen LogP contribution in [-0.4, -0.2) is 24.3 Å². The summed E-state index contributed by atoms with van der Waals surface area (Å²) in [5.74, 6) is 1.36. The van der Waals surface area contributed by atoms with E-state index in [2.05, 4.69) is 33.0 Å². The van der Waals surface area contributed by atoms with Crippen molar-refractivity contribution in [3.8, 4) is 0 Å². The van der Waals surface area contributed by atoms with Crippen molar-refractivity contribution in [1.82, 2.24) is 5.32 Å². The highest BCUT2D eigenvalue weighted by Crippen LogP contribution is 2.14. The van der Waals surface area contributed by atoms with Crippen molar-refractivity contribution in [2.45, 2.75) is 59.4 Å². The lowest BCUT2D eigenvalue weighted by Crippen LogP contribution is -2.32. The molecule has 0 radical (unpaired) electrons. The lowest BCUT2D eigenvalue weighted by Gasteiger charge is -2.21. The Kier molecular flexibility index (Phi) is 9.12. The summed E-state index contributed by atoms with van der Waals surface area (Å²) in [6.07, 6.45) is 4.63. The average Bonchev–Trinajstić information content (AvgIpc) is 2.14. The van der Waals surface area contributed by atoms with E-state index in [0.717, 1.165) is 18.9 Å². The van der Waals surface area contributed by atoms with Gasteiger partial charge in [0.15, 0.2) is 0 Å². The first-order valence-corrected chi connectivity index (χ1v) is 6.44. The Labute approximate surface area is 95.5 Å². The molecular weight excluding hydrogens is 186 g/mol. The van der Waals surface area contributed by atoms with Crippen molar-refractivity contribution in [3.63, 3.8) is 0 Å². The van der Waals surface area contributed by atoms with Crippen molar-refractivity contribution < 1.29 is 5.11 Å². The zero-order valence-electron chi connectivity index (χ0n) is 10.9. The minimum atomic E-state index is 0.321. The van der Waals surface area contributed by atoms with Crippen molar-refractivity contribution in [1.29, 1.82) is 0 Å². The summed E-state index contributed by atoms with van der Waals surface area (Å²) >= 11 is 0. The average molecular weight is 215 g/mol. The number of aliphatic hydroxyl groups is 1. The Hall–Kier alpha value is -0.0800. The lowest BCUT2D eigenvalue weighted by molar-refractivity contribution is 0.236. The lowest BCUT2D eigenvalue weighted by atomic mass is 9.94. The molecule has 0 saturated heterocycles. The first-order valence-electron chi connectivity index (χ1n) is 6.44. The number of nitrogens with one attached hydrogen (secondary N) is 1. The Morgan fingerprint density at radius 3 is 2.27 bits per heavy atom. The normalized spacial score (nSPS) is 15.6. The third kappa shape index (κ3) is 8.88. The van der Waals surface area contributed by atoms with Gasteiger partial charge < -0.3 is 10.4 Å². The Bertz CT molecular complexity index is 136. The third-order valence-corrected chi connectivity index (χ3v) is 2.82. The summed E-state index contributed by atoms with van der Waals surface area (Å²) in [4.78, 5) is 0. The molecule has 0 fully saturated rings. The van der Waals surface area contributed by atoms with Gasteiger partial charge in [-0.05, 0) is 44.6 Å². The minimum absolute atomic E-state index is 0.321. The maximum atomic E-state index is 8.99. The Morgan fingerprint density at radius 2 is 1.80 bits per heavy atom. The van der Waals surface area contributed by atoms with Crippen LogP contribution in [0.1, 0.15) is 53.4 Å². The number of hydrogen-bond acceptors (Lipinski definition) is 2. The van der Waals surface area contributed by atoms with Crippen LogP contribution in [-0.2, 0) is 0 Å². The molecule has 0 aromatic heterocycles. The van der Waals surface area contributed by atoms with Gasteiger partial charge in [0.25, 0.3) is 0 Å². The smallest absolute Gasteiger partial charge is 0.0434 e. The fraction of sp³-hybridized carbons (Fsp3) is 1.00. The summed E-state index contributed by atoms with van der Waals surface area (Å²) in [7, 11) is 0. The van der Waals surface area contributed by atoms with Crippen LogP contribution in [0.4, 0.5) is 0 Å². The van der Waals surface area contributed by atoms with E-state index in [1.165, 1.54) is 19.3 Å². The molecule has 0 spiro atoms. The topological polar surface area (TPSA) is 32.3 Å². The van der Waals surface area contributed by atoms with Gasteiger partial charge in [0.2, 0.25) is 0 Å². The number of rotatable bonds is 9. The first kappa shape index (κ1) is 14.9. The Balaban J connectivity index is 3.73. The van der Waals surface area contributed by atoms with E-state index in [0.29, 0.717) is 18.6 Å². The molecule has 92 valence electrons. The van der Waals surface area contributed by atoms with Crippen molar-refractivity contribution >= 4 is 0 Å². The SMILES string of the molecule is CCCC(C)NCC(CCO)CC(C)C. The second-order valence-electron chi connectivity index (χ2n) is 5.11. The molecule has 0 saturated carbocycles. The van der Waals surface area contributed by atoms with Gasteiger partial charge in [0, 0.05) is 12.6 Å². The molecule has 2 atom stereocenters. The molecule has 15 heavy (non-hydrogen) atoms. The van der Waals surface area contributed by atoms with E-state index in [1.54, 1.807) is 0 Å². The second-order valence-corrected chi connectivity index (χ2v) is 5.11. The van der Waals surface area contributed by atoms with Gasteiger partial charge in [-0.3, -0.25) is 0 Å². The first-order chi connectivity index (χ1) is 7.10. The summed E-state index contributed by atoms with van der Waals surface area (Å²) < 4.78 is 0. The molecule has 0 bridgehead atoms. The quantitative estimate of drug-likeness (QED) is 0.620. The molecule has 0 rings (SSSR count). The van der Waals surface area contributed by atoms with Gasteiger partial charge in [-0.2, -0.15) is 0 Å². The molecule has 0 aliphatic heterocycles. The third-order valence-electron chi connectivity index (χ3n) is 2.82. The van der Waals surface area contributed by atoms with Crippen LogP contribution in [0.5, 0.6) is 0 Å². The van der Waals surface area contributed by atoms with Gasteiger partial charge in [0.05, 0.1) is 0 Å². The van der Waals surface area contributed by atoms with Crippen LogP contribution in [0.15, 0.2) is 0 Å². The van der Waals surface area contributed by atoms with E-state index in [-0.39, 0.29) is 0 Å². The van der Waals surface area contributed by atoms with E-state index in [9.17, 15) is 0 Å². The molecule has 0 aliphatic rings. The zero-order chi connectivity index (χ0) is 11.7. The van der Waals surface area contributed by atoms with Crippen LogP contribution in [0.3, 0.4) is 0 Å². The molecule has 2 nitrogen and oxygen atoms in total. The highest BCUT2D eigenvalue weighted by Gasteiger charge is 2.11. The van der Waals surface area contributed by atoms with E-state index in [4.69, 9.17) is 5.11 Å². The van der Waals surface area contributed by atoms with Crippen LogP contribution >= 0.6 is 0 Å². The molecular formula is C13H29NO. The Morgan fingerprint density at radius 1 is 1.13 bits per heavy atom. The van der Waals surface area contributed by atoms with Crippen LogP contribution in [0, 0.1) is 11.8 Å². The second kappa shape index (κ2) is 9.17. The van der Waals surface area contributed by atoms with Gasteiger partial charge in [-0.25, -0.2) is 0 Å². The molecule has 0 aliphatic carbocycles. The summed E-state index contributed by atoms with van der Waals surface area (Å²) in [5.41, 5.74) is 0. The molecule has 2 unspecified atom stereocenters. The number of aliphatic hydroxyl groups excluding tert-OH is 1. The standard InChI is InChI=1S/C13H29NO/c1-5-6-12(4)14-10-13(7-8-15)9-11(2)3/h11-15H,5-10H2,1-4H3. The molecule has 2 N–H and O–H groups in total. The molecule has 0 amide bonds. The highest BCUT2D eigenvalue weighted by atomic mass is 16.3. The van der Waals surface area contributed by atoms with E-state index in [1.807, 2.05) is 0 Å². The highest BCUT2D eigenvalue weighted by molar-refractivity contribution is 4.67. The van der Waals surface area contributed by atoms with E-state index < -0.39 is 0 Å². The van der Waals surface area contributed by atoms with Gasteiger partial charge >= 0.3 is 0 Å². The van der Waals surface area contributed by atoms with Crippen LogP contribution < -0.4 is 5.32 Å². The summed E-state index contributed by atoms with van der Waals surface area (Å²) in [5, 5.41) is 12.6. The van der Waals surface area contributed by atoms with Crippen molar-refractivity contribution in [2.75, 3.05) is 13.2 Å². The van der Waals surface area contributed by atoms with Crippen molar-refractivity contribution in [3.05, 3.63) is 0 Å². The fourth-order valence-corrected chi connectivity index (χ4v) is 2.06. The monoisotopic (exact) mass is 215 g/mol.